The van der Waals surface area contributed by atoms with Crippen molar-refractivity contribution >= 4 is 17.5 Å². The zero-order chi connectivity index (χ0) is 20.4. The molecule has 2 amide bonds. The number of nitriles is 1. The highest BCUT2D eigenvalue weighted by atomic mass is 16.2. The largest absolute Gasteiger partial charge is 0.381 e. The molecule has 4 N–H and O–H groups in total. The number of allylic oxidation sites excluding steroid dienone is 2. The van der Waals surface area contributed by atoms with Crippen LogP contribution < -0.4 is 21.3 Å². The Morgan fingerprint density at radius 1 is 1.39 bits per heavy atom. The number of carbonyl (C=O) groups excluding carboxylic acids is 2. The van der Waals surface area contributed by atoms with Gasteiger partial charge in [-0.25, -0.2) is 4.99 Å². The van der Waals surface area contributed by atoms with Gasteiger partial charge in [-0.1, -0.05) is 0 Å². The molecule has 0 bridgehead atoms. The van der Waals surface area contributed by atoms with Gasteiger partial charge in [0, 0.05) is 25.4 Å². The molecule has 1 unspecified atom stereocenters. The van der Waals surface area contributed by atoms with Gasteiger partial charge in [0.15, 0.2) is 0 Å². The lowest BCUT2D eigenvalue weighted by molar-refractivity contribution is -0.123. The van der Waals surface area contributed by atoms with Gasteiger partial charge in [0.05, 0.1) is 24.7 Å². The number of hydrogen-bond donors (Lipinski definition) is 4. The Labute approximate surface area is 167 Å². The molecule has 0 aliphatic carbocycles. The second-order valence-electron chi connectivity index (χ2n) is 6.95. The van der Waals surface area contributed by atoms with E-state index in [1.807, 2.05) is 26.8 Å². The fraction of sp³-hybridized carbons (Fsp3) is 0.350. The molecular weight excluding hydrogens is 356 g/mol. The fourth-order valence-corrected chi connectivity index (χ4v) is 3.51. The number of nitrogens with one attached hydrogen (secondary N) is 4. The summed E-state index contributed by atoms with van der Waals surface area (Å²) in [4.78, 5) is 29.4. The molecule has 149 valence electrons. The molecule has 0 spiro atoms. The van der Waals surface area contributed by atoms with Crippen molar-refractivity contribution < 1.29 is 12.4 Å². The van der Waals surface area contributed by atoms with Crippen molar-refractivity contribution in [1.82, 2.24) is 21.3 Å². The third-order valence-electron chi connectivity index (χ3n) is 4.96. The highest BCUT2D eigenvalue weighted by molar-refractivity contribution is 6.03. The van der Waals surface area contributed by atoms with Gasteiger partial charge in [-0.2, -0.15) is 5.26 Å². The van der Waals surface area contributed by atoms with Gasteiger partial charge in [-0.05, 0) is 45.5 Å². The van der Waals surface area contributed by atoms with Gasteiger partial charge >= 0.3 is 0 Å². The molecule has 3 rings (SSSR count). The van der Waals surface area contributed by atoms with Crippen LogP contribution >= 0.6 is 0 Å². The highest BCUT2D eigenvalue weighted by Gasteiger charge is 2.32. The highest BCUT2D eigenvalue weighted by Crippen LogP contribution is 2.33. The molecule has 1 radical (unpaired) electrons. The third kappa shape index (κ3) is 3.69. The smallest absolute Gasteiger partial charge is 0.249 e. The average molecular weight is 383 g/mol. The summed E-state index contributed by atoms with van der Waals surface area (Å²) in [7, 11) is 0. The Bertz CT molecular complexity index is 939. The Kier molecular flexibility index (Phi) is 5.36. The van der Waals surface area contributed by atoms with E-state index >= 15 is 0 Å². The number of hydrogen-bond acceptors (Lipinski definition) is 6. The molecule has 0 saturated carbocycles. The van der Waals surface area contributed by atoms with Crippen LogP contribution in [-0.2, 0) is 9.59 Å². The summed E-state index contributed by atoms with van der Waals surface area (Å²) in [5, 5.41) is 21.0. The van der Waals surface area contributed by atoms with Crippen LogP contribution in [0.5, 0.6) is 0 Å². The zero-order valence-corrected chi connectivity index (χ0v) is 16.4. The number of dihydropyridines is 1. The average Bonchev–Trinajstić information content (AvgIpc) is 2.65. The van der Waals surface area contributed by atoms with Crippen LogP contribution in [0.4, 0.5) is 0 Å². The summed E-state index contributed by atoms with van der Waals surface area (Å²) in [5.41, 5.74) is 4.87. The van der Waals surface area contributed by atoms with Crippen molar-refractivity contribution in [2.75, 3.05) is 6.54 Å². The van der Waals surface area contributed by atoms with Crippen molar-refractivity contribution in [1.29, 1.82) is 5.26 Å². The first-order chi connectivity index (χ1) is 13.3. The molecule has 1 atom stereocenters. The van der Waals surface area contributed by atoms with Gasteiger partial charge in [-0.3, -0.25) is 9.59 Å². The van der Waals surface area contributed by atoms with Crippen LogP contribution in [0.25, 0.3) is 0 Å². The Hall–Kier alpha value is -3.34. The van der Waals surface area contributed by atoms with Gasteiger partial charge in [0.1, 0.15) is 17.8 Å². The van der Waals surface area contributed by atoms with E-state index in [4.69, 9.17) is 5.26 Å². The monoisotopic (exact) mass is 383 g/mol. The van der Waals surface area contributed by atoms with Crippen molar-refractivity contribution in [3.05, 3.63) is 52.1 Å². The van der Waals surface area contributed by atoms with E-state index in [0.29, 0.717) is 23.5 Å². The number of aliphatic imine (C=N–C) groups is 1. The number of carbonyl (C=O) groups is 2. The number of rotatable bonds is 4. The molecule has 3 aliphatic heterocycles. The van der Waals surface area contributed by atoms with E-state index in [1.165, 1.54) is 0 Å². The summed E-state index contributed by atoms with van der Waals surface area (Å²) in [6, 6.07) is 2.38. The number of nitrogens with zero attached hydrogens (tertiary/aromatic N) is 2. The molecule has 0 saturated heterocycles. The minimum atomic E-state index is -0.390. The maximum absolute atomic E-state index is 12.6. The summed E-state index contributed by atoms with van der Waals surface area (Å²) >= 11 is 0. The van der Waals surface area contributed by atoms with Gasteiger partial charge in [0.25, 0.3) is 0 Å². The molecule has 0 fully saturated rings. The molecule has 0 aromatic heterocycles. The number of fused-ring (bicyclic) bond motifs is 1. The molecule has 0 aromatic rings. The van der Waals surface area contributed by atoms with E-state index in [1.54, 1.807) is 19.2 Å². The van der Waals surface area contributed by atoms with Crippen LogP contribution in [0.2, 0.25) is 0 Å². The summed E-state index contributed by atoms with van der Waals surface area (Å²) < 4.78 is 0. The summed E-state index contributed by atoms with van der Waals surface area (Å²) in [6.45, 7) is 7.82. The molecule has 28 heavy (non-hydrogen) atoms. The lowest BCUT2D eigenvalue weighted by Gasteiger charge is -2.31. The molecular formula is C20H27N6O2. The fourth-order valence-electron chi connectivity index (χ4n) is 3.51. The van der Waals surface area contributed by atoms with E-state index in [-0.39, 0.29) is 21.1 Å². The Morgan fingerprint density at radius 3 is 2.86 bits per heavy atom. The molecule has 0 aromatic carbocycles. The van der Waals surface area contributed by atoms with Crippen LogP contribution in [0.15, 0.2) is 51.1 Å². The van der Waals surface area contributed by atoms with Crippen molar-refractivity contribution in [2.45, 2.75) is 40.2 Å². The van der Waals surface area contributed by atoms with Crippen molar-refractivity contribution in [3.8, 4) is 6.07 Å². The van der Waals surface area contributed by atoms with Crippen LogP contribution in [-0.4, -0.2) is 30.1 Å². The quantitative estimate of drug-likeness (QED) is 0.587. The summed E-state index contributed by atoms with van der Waals surface area (Å²) in [6.07, 6.45) is 3.54. The predicted molar refractivity (Wildman–Crippen MR) is 109 cm³/mol. The minimum absolute atomic E-state index is 0. The maximum Gasteiger partial charge on any atom is 0.249 e. The lowest BCUT2D eigenvalue weighted by atomic mass is 9.87. The third-order valence-corrected chi connectivity index (χ3v) is 4.96. The van der Waals surface area contributed by atoms with Gasteiger partial charge in [-0.15, -0.1) is 0 Å². The standard InChI is InChI=1S/C20H23N6O2.2H2/c1-10-15(20(28)26-16-5-6-22-11(2)18(10)16)7-17(27)24-13(4)19-12(3)23-9-14(8-21)25-19;;/h5-6,13,22-23H,7,9H2,1-4H3,(H,24,27)(H,26,28);2*1H. The number of amides is 2. The topological polar surface area (TPSA) is 118 Å². The Balaban J connectivity index is 0.00000225. The summed E-state index contributed by atoms with van der Waals surface area (Å²) in [5.74, 6) is -0.546. The normalized spacial score (nSPS) is 20.5. The molecule has 3 aliphatic rings. The van der Waals surface area contributed by atoms with E-state index in [0.717, 1.165) is 28.6 Å². The van der Waals surface area contributed by atoms with Gasteiger partial charge < -0.3 is 21.3 Å². The van der Waals surface area contributed by atoms with Crippen LogP contribution in [0.3, 0.4) is 0 Å². The first kappa shape index (κ1) is 19.4. The zero-order valence-electron chi connectivity index (χ0n) is 16.4. The van der Waals surface area contributed by atoms with E-state index in [9.17, 15) is 9.59 Å². The van der Waals surface area contributed by atoms with E-state index in [2.05, 4.69) is 26.3 Å². The van der Waals surface area contributed by atoms with Crippen LogP contribution in [0.1, 0.15) is 37.0 Å². The molecule has 8 heteroatoms. The first-order valence-electron chi connectivity index (χ1n) is 9.06. The van der Waals surface area contributed by atoms with Crippen molar-refractivity contribution in [3.63, 3.8) is 0 Å². The second-order valence-corrected chi connectivity index (χ2v) is 6.95. The lowest BCUT2D eigenvalue weighted by Crippen LogP contribution is -2.41. The van der Waals surface area contributed by atoms with Crippen molar-refractivity contribution in [2.24, 2.45) is 4.99 Å². The second kappa shape index (κ2) is 7.72. The SMILES string of the molecule is CC1=C2[C](C=CN1)NC(=O)C(CC(=O)NC(C)C1=C(C)NCC(C#N)=N1)=C2C.[HH].[HH]. The maximum atomic E-state index is 12.6. The molecule has 3 heterocycles. The Morgan fingerprint density at radius 2 is 2.14 bits per heavy atom. The minimum Gasteiger partial charge on any atom is -0.381 e. The predicted octanol–water partition coefficient (Wildman–Crippen LogP) is 1.54. The van der Waals surface area contributed by atoms with Gasteiger partial charge in [0.2, 0.25) is 11.8 Å². The van der Waals surface area contributed by atoms with E-state index < -0.39 is 6.04 Å². The molecule has 8 nitrogen and oxygen atoms in total. The first-order valence-corrected chi connectivity index (χ1v) is 9.06. The van der Waals surface area contributed by atoms with Crippen LogP contribution in [0, 0.1) is 17.4 Å².